The van der Waals surface area contributed by atoms with Crippen molar-refractivity contribution in [3.8, 4) is 0 Å². The van der Waals surface area contributed by atoms with Crippen LogP contribution in [-0.2, 0) is 38.0 Å². The molecule has 2 rings (SSSR count). The predicted molar refractivity (Wildman–Crippen MR) is 234 cm³/mol. The summed E-state index contributed by atoms with van der Waals surface area (Å²) < 4.78 is 33.5. The molecule has 0 aromatic carbocycles. The first-order valence-electron chi connectivity index (χ1n) is 24.3. The Labute approximate surface area is 371 Å². The van der Waals surface area contributed by atoms with E-state index in [1.165, 1.54) is 96.3 Å². The van der Waals surface area contributed by atoms with E-state index in [9.17, 15) is 45.3 Å². The summed E-state index contributed by atoms with van der Waals surface area (Å²) in [6.07, 6.45) is 15.3. The lowest BCUT2D eigenvalue weighted by molar-refractivity contribution is -0.332. The van der Waals surface area contributed by atoms with Gasteiger partial charge in [0.05, 0.1) is 19.8 Å². The fraction of sp³-hybridized carbons (Fsp3) is 0.915. The van der Waals surface area contributed by atoms with E-state index < -0.39 is 92.7 Å². The molecule has 11 atom stereocenters. The first-order chi connectivity index (χ1) is 30.0. The number of ether oxygens (including phenoxy) is 6. The second-order valence-electron chi connectivity index (χ2n) is 17.3. The van der Waals surface area contributed by atoms with E-state index in [0.29, 0.717) is 12.8 Å². The highest BCUT2D eigenvalue weighted by atomic mass is 16.7. The Morgan fingerprint density at radius 2 is 0.919 bits per heavy atom. The number of esters is 2. The maximum atomic E-state index is 12.9. The summed E-state index contributed by atoms with van der Waals surface area (Å²) in [6, 6.07) is 0. The molecule has 62 heavy (non-hydrogen) atoms. The van der Waals surface area contributed by atoms with Crippen molar-refractivity contribution in [1.82, 2.24) is 0 Å². The average Bonchev–Trinajstić information content (AvgIpc) is 3.26. The van der Waals surface area contributed by atoms with E-state index in [1.807, 2.05) is 0 Å². The maximum absolute atomic E-state index is 12.9. The van der Waals surface area contributed by atoms with Crippen molar-refractivity contribution in [1.29, 1.82) is 0 Å². The minimum absolute atomic E-state index is 0.169. The molecule has 15 heteroatoms. The van der Waals surface area contributed by atoms with Crippen LogP contribution in [0.5, 0.6) is 0 Å². The standard InChI is InChI=1S/C47H86O15/c1-3-5-7-9-11-13-15-16-17-18-20-21-23-25-27-29-38(49)57-32-35(60-39(50)30-28-26-24-22-19-14-12-10-8-6-4-2)33-58-46-45(56)43(54)41(52)37(62-46)34-59-47-44(55)42(53)40(51)36(31-48)61-47/h13,15,35-37,40-48,51-56H,3-12,14,16-34H2,1-2H3/b15-13+/t35-,36-,37-,40+,41+,42?,43?,44?,45?,46-,47-/m1/s1. The van der Waals surface area contributed by atoms with Gasteiger partial charge in [-0.2, -0.15) is 0 Å². The molecule has 0 aromatic heterocycles. The van der Waals surface area contributed by atoms with Gasteiger partial charge in [-0.25, -0.2) is 0 Å². The van der Waals surface area contributed by atoms with Crippen molar-refractivity contribution in [2.75, 3.05) is 26.4 Å². The lowest BCUT2D eigenvalue weighted by Crippen LogP contribution is -2.61. The van der Waals surface area contributed by atoms with Crippen LogP contribution in [0.15, 0.2) is 12.2 Å². The zero-order valence-electron chi connectivity index (χ0n) is 38.1. The molecule has 0 aromatic rings. The predicted octanol–water partition coefficient (Wildman–Crippen LogP) is 5.82. The van der Waals surface area contributed by atoms with Gasteiger partial charge in [0.1, 0.15) is 55.4 Å². The molecule has 364 valence electrons. The molecular formula is C47H86O15. The Kier molecular flexibility index (Phi) is 32.3. The van der Waals surface area contributed by atoms with Gasteiger partial charge in [-0.1, -0.05) is 142 Å². The molecule has 0 saturated carbocycles. The smallest absolute Gasteiger partial charge is 0.306 e. The molecule has 0 radical (unpaired) electrons. The molecule has 0 aliphatic carbocycles. The van der Waals surface area contributed by atoms with E-state index in [4.69, 9.17) is 28.4 Å². The molecule has 0 amide bonds. The fourth-order valence-electron chi connectivity index (χ4n) is 7.68. The largest absolute Gasteiger partial charge is 0.462 e. The van der Waals surface area contributed by atoms with Gasteiger partial charge in [-0.15, -0.1) is 0 Å². The third kappa shape index (κ3) is 24.0. The van der Waals surface area contributed by atoms with Crippen molar-refractivity contribution in [3.63, 3.8) is 0 Å². The lowest BCUT2D eigenvalue weighted by atomic mass is 9.98. The molecule has 0 bridgehead atoms. The van der Waals surface area contributed by atoms with E-state index in [2.05, 4.69) is 26.0 Å². The van der Waals surface area contributed by atoms with Crippen molar-refractivity contribution >= 4 is 11.9 Å². The highest BCUT2D eigenvalue weighted by molar-refractivity contribution is 5.70. The third-order valence-electron chi connectivity index (χ3n) is 11.7. The van der Waals surface area contributed by atoms with Crippen LogP contribution in [0.4, 0.5) is 0 Å². The van der Waals surface area contributed by atoms with E-state index in [-0.39, 0.29) is 26.1 Å². The molecule has 2 fully saturated rings. The van der Waals surface area contributed by atoms with Crippen LogP contribution in [0.1, 0.15) is 181 Å². The summed E-state index contributed by atoms with van der Waals surface area (Å²) in [5.41, 5.74) is 0. The zero-order chi connectivity index (χ0) is 45.4. The van der Waals surface area contributed by atoms with Crippen molar-refractivity contribution in [2.45, 2.75) is 248 Å². The van der Waals surface area contributed by atoms with E-state index >= 15 is 0 Å². The summed E-state index contributed by atoms with van der Waals surface area (Å²) in [7, 11) is 0. The van der Waals surface area contributed by atoms with Crippen molar-refractivity contribution < 1.29 is 73.8 Å². The molecule has 0 spiro atoms. The lowest BCUT2D eigenvalue weighted by Gasteiger charge is -2.42. The molecule has 4 unspecified atom stereocenters. The number of hydrogen-bond donors (Lipinski definition) is 7. The van der Waals surface area contributed by atoms with Crippen LogP contribution in [0, 0.1) is 0 Å². The Morgan fingerprint density at radius 1 is 0.500 bits per heavy atom. The van der Waals surface area contributed by atoms with E-state index in [0.717, 1.165) is 44.9 Å². The molecule has 2 aliphatic heterocycles. The first kappa shape index (κ1) is 56.4. The quantitative estimate of drug-likeness (QED) is 0.0221. The van der Waals surface area contributed by atoms with Crippen molar-refractivity contribution in [3.05, 3.63) is 12.2 Å². The number of carbonyl (C=O) groups is 2. The van der Waals surface area contributed by atoms with Crippen LogP contribution >= 0.6 is 0 Å². The zero-order valence-corrected chi connectivity index (χ0v) is 38.1. The summed E-state index contributed by atoms with van der Waals surface area (Å²) in [4.78, 5) is 25.6. The summed E-state index contributed by atoms with van der Waals surface area (Å²) in [5.74, 6) is -0.925. The maximum Gasteiger partial charge on any atom is 0.306 e. The van der Waals surface area contributed by atoms with Gasteiger partial charge in [0, 0.05) is 12.8 Å². The van der Waals surface area contributed by atoms with Gasteiger partial charge in [0.15, 0.2) is 18.7 Å². The summed E-state index contributed by atoms with van der Waals surface area (Å²) >= 11 is 0. The topological polar surface area (TPSA) is 231 Å². The highest BCUT2D eigenvalue weighted by Crippen LogP contribution is 2.26. The number of allylic oxidation sites excluding steroid dienone is 2. The Hall–Kier alpha value is -1.76. The van der Waals surface area contributed by atoms with Gasteiger partial charge >= 0.3 is 11.9 Å². The number of rotatable bonds is 37. The Bertz CT molecular complexity index is 1140. The van der Waals surface area contributed by atoms with Crippen LogP contribution in [-0.4, -0.2) is 142 Å². The molecule has 15 nitrogen and oxygen atoms in total. The number of carbonyl (C=O) groups excluding carboxylic acids is 2. The normalized spacial score (nSPS) is 27.1. The summed E-state index contributed by atoms with van der Waals surface area (Å²) in [5, 5.41) is 71.9. The third-order valence-corrected chi connectivity index (χ3v) is 11.7. The number of aliphatic hydroxyl groups excluding tert-OH is 7. The highest BCUT2D eigenvalue weighted by Gasteiger charge is 2.47. The monoisotopic (exact) mass is 891 g/mol. The number of aliphatic hydroxyl groups is 7. The molecule has 7 N–H and O–H groups in total. The van der Waals surface area contributed by atoms with Gasteiger partial charge in [0.2, 0.25) is 0 Å². The number of hydrogen-bond acceptors (Lipinski definition) is 15. The molecule has 2 heterocycles. The first-order valence-corrected chi connectivity index (χ1v) is 24.3. The van der Waals surface area contributed by atoms with Crippen LogP contribution < -0.4 is 0 Å². The Balaban J connectivity index is 1.83. The van der Waals surface area contributed by atoms with E-state index in [1.54, 1.807) is 0 Å². The number of unbranched alkanes of at least 4 members (excludes halogenated alkanes) is 21. The van der Waals surface area contributed by atoms with Gasteiger partial charge in [0.25, 0.3) is 0 Å². The second-order valence-corrected chi connectivity index (χ2v) is 17.3. The second kappa shape index (κ2) is 35.5. The summed E-state index contributed by atoms with van der Waals surface area (Å²) in [6.45, 7) is 2.56. The molecular weight excluding hydrogens is 805 g/mol. The van der Waals surface area contributed by atoms with Gasteiger partial charge in [-0.05, 0) is 38.5 Å². The molecule has 2 aliphatic rings. The van der Waals surface area contributed by atoms with Gasteiger partial charge < -0.3 is 64.2 Å². The fourth-order valence-corrected chi connectivity index (χ4v) is 7.68. The minimum Gasteiger partial charge on any atom is -0.462 e. The van der Waals surface area contributed by atoms with Crippen LogP contribution in [0.25, 0.3) is 0 Å². The molecule has 2 saturated heterocycles. The SMILES string of the molecule is CCCCCC/C=C/CCCCCCCCCC(=O)OC[C@H](CO[C@@H]1O[C@H](CO[C@@H]2O[C@H](CO)[C@H](O)C(O)C2O)[C@H](O)C(O)C1O)OC(=O)CCCCCCCCCCCCC. The van der Waals surface area contributed by atoms with Crippen LogP contribution in [0.2, 0.25) is 0 Å². The van der Waals surface area contributed by atoms with Crippen molar-refractivity contribution in [2.24, 2.45) is 0 Å². The van der Waals surface area contributed by atoms with Crippen LogP contribution in [0.3, 0.4) is 0 Å². The van der Waals surface area contributed by atoms with Gasteiger partial charge in [-0.3, -0.25) is 9.59 Å². The minimum atomic E-state index is -1.76. The Morgan fingerprint density at radius 3 is 1.44 bits per heavy atom. The average molecular weight is 891 g/mol.